The normalized spacial score (nSPS) is 11.8. The molecule has 1 amide bonds. The molecule has 3 rings (SSSR count). The van der Waals surface area contributed by atoms with Gasteiger partial charge in [0.1, 0.15) is 5.82 Å². The topological polar surface area (TPSA) is 71.3 Å². The summed E-state index contributed by atoms with van der Waals surface area (Å²) in [7, 11) is -1.59. The summed E-state index contributed by atoms with van der Waals surface area (Å²) in [5.74, 6) is -1.15. The highest BCUT2D eigenvalue weighted by molar-refractivity contribution is 7.87. The molecule has 0 aliphatic rings. The van der Waals surface area contributed by atoms with Crippen LogP contribution in [0.1, 0.15) is 10.6 Å². The molecule has 25 heavy (non-hydrogen) atoms. The molecule has 0 saturated carbocycles. The Bertz CT molecular complexity index is 929. The van der Waals surface area contributed by atoms with Crippen molar-refractivity contribution >= 4 is 40.9 Å². The number of halogens is 1. The zero-order chi connectivity index (χ0) is 17.8. The van der Waals surface area contributed by atoms with E-state index in [-0.39, 0.29) is 11.4 Å². The molecule has 2 aromatic carbocycles. The zero-order valence-corrected chi connectivity index (χ0v) is 14.4. The number of thiol groups is 1. The minimum absolute atomic E-state index is 0.00710. The van der Waals surface area contributed by atoms with Gasteiger partial charge in [0.2, 0.25) is 0 Å². The Labute approximate surface area is 151 Å². The Kier molecular flexibility index (Phi) is 5.20. The van der Waals surface area contributed by atoms with Gasteiger partial charge in [0, 0.05) is 16.6 Å². The van der Waals surface area contributed by atoms with E-state index in [9.17, 15) is 13.4 Å². The highest BCUT2D eigenvalue weighted by Crippen LogP contribution is 2.23. The number of hydrogen-bond donors (Lipinski definition) is 3. The largest absolute Gasteiger partial charge is 0.459 e. The Hall–Kier alpha value is -2.58. The van der Waals surface area contributed by atoms with E-state index in [1.807, 2.05) is 0 Å². The van der Waals surface area contributed by atoms with Crippen molar-refractivity contribution in [2.75, 3.05) is 10.0 Å². The molecular weight excluding hydrogens is 363 g/mol. The first-order valence-corrected chi connectivity index (χ1v) is 8.75. The average molecular weight is 376 g/mol. The van der Waals surface area contributed by atoms with E-state index in [4.69, 9.17) is 4.42 Å². The number of rotatable bonds is 5. The Morgan fingerprint density at radius 1 is 1.12 bits per heavy atom. The number of benzene rings is 2. The fourth-order valence-electron chi connectivity index (χ4n) is 2.05. The fraction of sp³-hybridized carbons (Fsp3) is 0. The smallest absolute Gasteiger partial charge is 0.291 e. The lowest BCUT2D eigenvalue weighted by Crippen LogP contribution is -2.12. The van der Waals surface area contributed by atoms with E-state index >= 15 is 0 Å². The summed E-state index contributed by atoms with van der Waals surface area (Å²) < 4.78 is 34.1. The second-order valence-corrected chi connectivity index (χ2v) is 6.63. The summed E-state index contributed by atoms with van der Waals surface area (Å²) in [6.07, 6.45) is 1.35. The number of carbonyl (C=O) groups is 1. The third-order valence-electron chi connectivity index (χ3n) is 3.24. The molecule has 1 aromatic heterocycles. The molecule has 1 atom stereocenters. The molecule has 128 valence electrons. The minimum atomic E-state index is -1.59. The van der Waals surface area contributed by atoms with Crippen molar-refractivity contribution in [1.29, 1.82) is 0 Å². The van der Waals surface area contributed by atoms with Gasteiger partial charge >= 0.3 is 0 Å². The predicted molar refractivity (Wildman–Crippen MR) is 96.8 cm³/mol. The van der Waals surface area contributed by atoms with Gasteiger partial charge in [-0.15, -0.1) is 12.6 Å². The van der Waals surface area contributed by atoms with Crippen molar-refractivity contribution in [3.63, 3.8) is 0 Å². The standard InChI is InChI=1S/C17H13FN2O3S2/c18-12-10-11(20-25(22)16-6-2-1-5-15(16)24)7-8-13(12)19-17(21)14-4-3-9-23-14/h1-10,20,24H,(H,19,21). The predicted octanol–water partition coefficient (Wildman–Crippen LogP) is 4.09. The third kappa shape index (κ3) is 4.09. The van der Waals surface area contributed by atoms with Crippen molar-refractivity contribution in [3.05, 3.63) is 72.4 Å². The van der Waals surface area contributed by atoms with Crippen LogP contribution in [-0.4, -0.2) is 10.1 Å². The van der Waals surface area contributed by atoms with Crippen LogP contribution < -0.4 is 10.0 Å². The van der Waals surface area contributed by atoms with Crippen LogP contribution in [0.3, 0.4) is 0 Å². The summed E-state index contributed by atoms with van der Waals surface area (Å²) in [6.45, 7) is 0. The van der Waals surface area contributed by atoms with Crippen LogP contribution in [0.15, 0.2) is 75.1 Å². The maximum absolute atomic E-state index is 14.2. The van der Waals surface area contributed by atoms with Gasteiger partial charge in [0.05, 0.1) is 16.8 Å². The van der Waals surface area contributed by atoms with E-state index in [2.05, 4.69) is 22.7 Å². The van der Waals surface area contributed by atoms with Crippen LogP contribution in [-0.2, 0) is 11.0 Å². The van der Waals surface area contributed by atoms with Crippen molar-refractivity contribution in [2.24, 2.45) is 0 Å². The molecular formula is C17H13FN2O3S2. The van der Waals surface area contributed by atoms with Crippen LogP contribution >= 0.6 is 12.6 Å². The second-order valence-electron chi connectivity index (χ2n) is 4.96. The van der Waals surface area contributed by atoms with Gasteiger partial charge in [-0.1, -0.05) is 12.1 Å². The average Bonchev–Trinajstić information content (AvgIpc) is 3.12. The number of carbonyl (C=O) groups excluding carboxylic acids is 1. The first kappa shape index (κ1) is 17.2. The molecule has 0 radical (unpaired) electrons. The summed E-state index contributed by atoms with van der Waals surface area (Å²) in [5, 5.41) is 2.41. The van der Waals surface area contributed by atoms with Crippen molar-refractivity contribution < 1.29 is 17.8 Å². The summed E-state index contributed by atoms with van der Waals surface area (Å²) in [6, 6.07) is 14.0. The first-order chi connectivity index (χ1) is 12.0. The fourth-order valence-corrected chi connectivity index (χ4v) is 3.37. The van der Waals surface area contributed by atoms with Crippen molar-refractivity contribution in [3.8, 4) is 0 Å². The molecule has 3 aromatic rings. The first-order valence-electron chi connectivity index (χ1n) is 7.15. The summed E-state index contributed by atoms with van der Waals surface area (Å²) in [4.78, 5) is 12.9. The molecule has 2 N–H and O–H groups in total. The molecule has 1 unspecified atom stereocenters. The molecule has 0 aliphatic carbocycles. The number of nitrogens with one attached hydrogen (secondary N) is 2. The molecule has 0 fully saturated rings. The summed E-state index contributed by atoms with van der Waals surface area (Å²) in [5.41, 5.74) is 0.302. The van der Waals surface area contributed by atoms with Crippen LogP contribution in [0.5, 0.6) is 0 Å². The van der Waals surface area contributed by atoms with Gasteiger partial charge < -0.3 is 14.5 Å². The monoisotopic (exact) mass is 376 g/mol. The van der Waals surface area contributed by atoms with Crippen LogP contribution in [0, 0.1) is 5.82 Å². The lowest BCUT2D eigenvalue weighted by atomic mass is 10.2. The van der Waals surface area contributed by atoms with Gasteiger partial charge in [0.15, 0.2) is 16.7 Å². The lowest BCUT2D eigenvalue weighted by Gasteiger charge is -2.10. The Morgan fingerprint density at radius 2 is 1.92 bits per heavy atom. The summed E-state index contributed by atoms with van der Waals surface area (Å²) >= 11 is 4.24. The molecule has 5 nitrogen and oxygen atoms in total. The van der Waals surface area contributed by atoms with Crippen molar-refractivity contribution in [2.45, 2.75) is 9.79 Å². The molecule has 0 spiro atoms. The van der Waals surface area contributed by atoms with Crippen LogP contribution in [0.25, 0.3) is 0 Å². The molecule has 1 heterocycles. The van der Waals surface area contributed by atoms with E-state index in [1.165, 1.54) is 24.5 Å². The number of anilines is 2. The molecule has 8 heteroatoms. The number of hydrogen-bond acceptors (Lipinski definition) is 4. The quantitative estimate of drug-likeness (QED) is 0.587. The highest BCUT2D eigenvalue weighted by Gasteiger charge is 2.13. The van der Waals surface area contributed by atoms with Gasteiger partial charge in [0.25, 0.3) is 5.91 Å². The van der Waals surface area contributed by atoms with Crippen LogP contribution in [0.4, 0.5) is 15.8 Å². The van der Waals surface area contributed by atoms with Crippen molar-refractivity contribution in [1.82, 2.24) is 0 Å². The molecule has 0 bridgehead atoms. The third-order valence-corrected chi connectivity index (χ3v) is 4.96. The van der Waals surface area contributed by atoms with Crippen LogP contribution in [0.2, 0.25) is 0 Å². The number of furan rings is 1. The zero-order valence-electron chi connectivity index (χ0n) is 12.7. The number of amides is 1. The lowest BCUT2D eigenvalue weighted by molar-refractivity contribution is 0.0996. The Balaban J connectivity index is 1.73. The van der Waals surface area contributed by atoms with Gasteiger partial charge in [-0.25, -0.2) is 8.60 Å². The van der Waals surface area contributed by atoms with E-state index < -0.39 is 22.7 Å². The minimum Gasteiger partial charge on any atom is -0.459 e. The second kappa shape index (κ2) is 7.54. The molecule has 0 saturated heterocycles. The van der Waals surface area contributed by atoms with E-state index in [1.54, 1.807) is 30.3 Å². The van der Waals surface area contributed by atoms with E-state index in [0.29, 0.717) is 15.5 Å². The molecule has 0 aliphatic heterocycles. The van der Waals surface area contributed by atoms with Gasteiger partial charge in [-0.05, 0) is 36.4 Å². The van der Waals surface area contributed by atoms with Gasteiger partial charge in [-0.2, -0.15) is 0 Å². The maximum Gasteiger partial charge on any atom is 0.291 e. The highest BCUT2D eigenvalue weighted by atomic mass is 32.2. The maximum atomic E-state index is 14.2. The SMILES string of the molecule is O=C(Nc1ccc(NS(=O)c2ccccc2S)cc1F)c1ccco1. The van der Waals surface area contributed by atoms with E-state index in [0.717, 1.165) is 6.07 Å². The van der Waals surface area contributed by atoms with Gasteiger partial charge in [-0.3, -0.25) is 4.79 Å². The Morgan fingerprint density at radius 3 is 2.60 bits per heavy atom.